The monoisotopic (exact) mass is 399 g/mol. The second-order valence-electron chi connectivity index (χ2n) is 7.96. The molecule has 1 heterocycles. The minimum absolute atomic E-state index is 0.00422. The molecule has 0 unspecified atom stereocenters. The molecule has 2 atom stereocenters. The van der Waals surface area contributed by atoms with Crippen molar-refractivity contribution in [2.45, 2.75) is 52.7 Å². The molecule has 0 amide bonds. The fourth-order valence-electron chi connectivity index (χ4n) is 3.67. The molecule has 0 aliphatic heterocycles. The number of pyridine rings is 1. The van der Waals surface area contributed by atoms with E-state index < -0.39 is 5.60 Å². The lowest BCUT2D eigenvalue weighted by atomic mass is 9.77. The molecule has 0 aliphatic carbocycles. The standard InChI is InChI=1S/C24H33NO4/c1-18(2)13-19(3)24(20(4)26,29-17-27-5)15-22-14-21(11-12-25-22)16-28-23-9-7-6-8-10-23/h6-12,14,18-19H,13,15-17H2,1-5H3/t19-,24+/m0/s1. The van der Waals surface area contributed by atoms with Gasteiger partial charge in [0.05, 0.1) is 0 Å². The van der Waals surface area contributed by atoms with E-state index in [0.717, 1.165) is 23.4 Å². The van der Waals surface area contributed by atoms with Crippen molar-refractivity contribution in [3.8, 4) is 5.75 Å². The van der Waals surface area contributed by atoms with Gasteiger partial charge in [0.25, 0.3) is 0 Å². The van der Waals surface area contributed by atoms with Crippen LogP contribution >= 0.6 is 0 Å². The number of ketones is 1. The number of methoxy groups -OCH3 is 1. The van der Waals surface area contributed by atoms with Gasteiger partial charge in [0, 0.05) is 25.4 Å². The highest BCUT2D eigenvalue weighted by Crippen LogP contribution is 2.32. The van der Waals surface area contributed by atoms with Gasteiger partial charge in [-0.25, -0.2) is 0 Å². The third-order valence-corrected chi connectivity index (χ3v) is 5.12. The minimum Gasteiger partial charge on any atom is -0.489 e. The summed E-state index contributed by atoms with van der Waals surface area (Å²) in [6.07, 6.45) is 3.03. The number of rotatable bonds is 12. The average Bonchev–Trinajstić information content (AvgIpc) is 2.70. The maximum absolute atomic E-state index is 12.8. The van der Waals surface area contributed by atoms with Crippen molar-refractivity contribution in [2.75, 3.05) is 13.9 Å². The largest absolute Gasteiger partial charge is 0.489 e. The summed E-state index contributed by atoms with van der Waals surface area (Å²) in [6, 6.07) is 13.6. The Kier molecular flexibility index (Phi) is 8.80. The molecule has 0 bridgehead atoms. The normalized spacial score (nSPS) is 14.4. The van der Waals surface area contributed by atoms with Crippen molar-refractivity contribution in [1.82, 2.24) is 4.98 Å². The first-order valence-electron chi connectivity index (χ1n) is 10.1. The first-order chi connectivity index (χ1) is 13.9. The van der Waals surface area contributed by atoms with E-state index in [1.54, 1.807) is 20.2 Å². The Morgan fingerprint density at radius 3 is 2.48 bits per heavy atom. The molecular weight excluding hydrogens is 366 g/mol. The van der Waals surface area contributed by atoms with Gasteiger partial charge >= 0.3 is 0 Å². The Bertz CT molecular complexity index is 762. The van der Waals surface area contributed by atoms with Gasteiger partial charge in [-0.15, -0.1) is 0 Å². The molecule has 5 nitrogen and oxygen atoms in total. The maximum Gasteiger partial charge on any atom is 0.162 e. The highest BCUT2D eigenvalue weighted by Gasteiger charge is 2.43. The molecule has 0 saturated heterocycles. The van der Waals surface area contributed by atoms with Gasteiger partial charge in [-0.05, 0) is 55.0 Å². The number of para-hydroxylation sites is 1. The van der Waals surface area contributed by atoms with E-state index in [-0.39, 0.29) is 18.5 Å². The van der Waals surface area contributed by atoms with Crippen LogP contribution in [0.1, 0.15) is 45.4 Å². The number of hydrogen-bond acceptors (Lipinski definition) is 5. The third kappa shape index (κ3) is 6.65. The zero-order chi connectivity index (χ0) is 21.3. The van der Waals surface area contributed by atoms with Crippen LogP contribution in [0.2, 0.25) is 0 Å². The number of nitrogens with zero attached hydrogens (tertiary/aromatic N) is 1. The van der Waals surface area contributed by atoms with Crippen molar-refractivity contribution >= 4 is 5.78 Å². The number of carbonyl (C=O) groups excluding carboxylic acids is 1. The molecule has 2 aromatic rings. The van der Waals surface area contributed by atoms with E-state index in [1.807, 2.05) is 42.5 Å². The summed E-state index contributed by atoms with van der Waals surface area (Å²) in [7, 11) is 1.57. The summed E-state index contributed by atoms with van der Waals surface area (Å²) in [5.74, 6) is 1.29. The molecule has 0 N–H and O–H groups in total. The predicted octanol–water partition coefficient (Wildman–Crippen LogP) is 4.83. The Morgan fingerprint density at radius 2 is 1.86 bits per heavy atom. The molecule has 1 aromatic carbocycles. The fraction of sp³-hybridized carbons (Fsp3) is 0.500. The lowest BCUT2D eigenvalue weighted by Gasteiger charge is -2.37. The Hall–Kier alpha value is -2.24. The van der Waals surface area contributed by atoms with E-state index in [0.29, 0.717) is 18.9 Å². The average molecular weight is 400 g/mol. The smallest absolute Gasteiger partial charge is 0.162 e. The van der Waals surface area contributed by atoms with E-state index in [4.69, 9.17) is 14.2 Å². The number of hydrogen-bond donors (Lipinski definition) is 0. The Labute approximate surface area is 174 Å². The molecule has 0 saturated carbocycles. The van der Waals surface area contributed by atoms with Crippen LogP contribution in [0.5, 0.6) is 5.75 Å². The minimum atomic E-state index is -0.966. The molecule has 0 aliphatic rings. The molecule has 1 aromatic heterocycles. The van der Waals surface area contributed by atoms with Gasteiger partial charge in [-0.2, -0.15) is 0 Å². The number of aromatic nitrogens is 1. The van der Waals surface area contributed by atoms with Crippen LogP contribution in [0.25, 0.3) is 0 Å². The molecule has 0 fully saturated rings. The van der Waals surface area contributed by atoms with Gasteiger partial charge < -0.3 is 14.2 Å². The van der Waals surface area contributed by atoms with E-state index in [9.17, 15) is 4.79 Å². The zero-order valence-electron chi connectivity index (χ0n) is 18.2. The van der Waals surface area contributed by atoms with E-state index in [1.165, 1.54) is 0 Å². The maximum atomic E-state index is 12.8. The van der Waals surface area contributed by atoms with Crippen LogP contribution < -0.4 is 4.74 Å². The SMILES string of the molecule is COCO[C@@](Cc1cc(COc2ccccc2)ccn1)(C(C)=O)[C@@H](C)CC(C)C. The summed E-state index contributed by atoms with van der Waals surface area (Å²) >= 11 is 0. The lowest BCUT2D eigenvalue weighted by molar-refractivity contribution is -0.174. The Balaban J connectivity index is 2.21. The fourth-order valence-corrected chi connectivity index (χ4v) is 3.67. The number of ether oxygens (including phenoxy) is 3. The van der Waals surface area contributed by atoms with Crippen LogP contribution in [-0.4, -0.2) is 30.3 Å². The first kappa shape index (κ1) is 23.0. The van der Waals surface area contributed by atoms with E-state index in [2.05, 4.69) is 25.8 Å². The third-order valence-electron chi connectivity index (χ3n) is 5.12. The van der Waals surface area contributed by atoms with E-state index >= 15 is 0 Å². The van der Waals surface area contributed by atoms with Crippen LogP contribution in [-0.2, 0) is 27.3 Å². The molecule has 29 heavy (non-hydrogen) atoms. The summed E-state index contributed by atoms with van der Waals surface area (Å²) in [5, 5.41) is 0. The number of benzene rings is 1. The van der Waals surface area contributed by atoms with Gasteiger partial charge in [0.15, 0.2) is 5.78 Å². The van der Waals surface area contributed by atoms with Crippen LogP contribution in [0.4, 0.5) is 0 Å². The predicted molar refractivity (Wildman–Crippen MR) is 114 cm³/mol. The van der Waals surface area contributed by atoms with Crippen molar-refractivity contribution in [1.29, 1.82) is 0 Å². The summed E-state index contributed by atoms with van der Waals surface area (Å²) in [6.45, 7) is 8.47. The molecule has 0 spiro atoms. The number of Topliss-reactive ketones (excluding diaryl/α,β-unsaturated/α-hetero) is 1. The van der Waals surface area contributed by atoms with Gasteiger partial charge in [-0.3, -0.25) is 9.78 Å². The van der Waals surface area contributed by atoms with Crippen LogP contribution in [0.15, 0.2) is 48.7 Å². The topological polar surface area (TPSA) is 57.6 Å². The van der Waals surface area contributed by atoms with Crippen LogP contribution in [0, 0.1) is 11.8 Å². The quantitative estimate of drug-likeness (QED) is 0.478. The molecule has 158 valence electrons. The van der Waals surface area contributed by atoms with Crippen molar-refractivity contribution in [2.24, 2.45) is 11.8 Å². The summed E-state index contributed by atoms with van der Waals surface area (Å²) in [4.78, 5) is 17.3. The summed E-state index contributed by atoms with van der Waals surface area (Å²) < 4.78 is 17.0. The highest BCUT2D eigenvalue weighted by molar-refractivity contribution is 5.85. The van der Waals surface area contributed by atoms with Gasteiger partial charge in [0.1, 0.15) is 24.8 Å². The number of carbonyl (C=O) groups is 1. The van der Waals surface area contributed by atoms with Crippen molar-refractivity contribution in [3.63, 3.8) is 0 Å². The van der Waals surface area contributed by atoms with Crippen molar-refractivity contribution in [3.05, 3.63) is 59.9 Å². The molecule has 0 radical (unpaired) electrons. The Morgan fingerprint density at radius 1 is 1.14 bits per heavy atom. The molecular formula is C24H33NO4. The lowest BCUT2D eigenvalue weighted by Crippen LogP contribution is -2.49. The first-order valence-corrected chi connectivity index (χ1v) is 10.1. The highest BCUT2D eigenvalue weighted by atomic mass is 16.7. The van der Waals surface area contributed by atoms with Crippen molar-refractivity contribution < 1.29 is 19.0 Å². The molecule has 5 heteroatoms. The summed E-state index contributed by atoms with van der Waals surface area (Å²) in [5.41, 5.74) is 0.840. The van der Waals surface area contributed by atoms with Gasteiger partial charge in [0.2, 0.25) is 0 Å². The second kappa shape index (κ2) is 11.1. The molecule has 2 rings (SSSR count). The van der Waals surface area contributed by atoms with Gasteiger partial charge in [-0.1, -0.05) is 39.0 Å². The second-order valence-corrected chi connectivity index (χ2v) is 7.96. The zero-order valence-corrected chi connectivity index (χ0v) is 18.2. The van der Waals surface area contributed by atoms with Crippen LogP contribution in [0.3, 0.4) is 0 Å².